The SMILES string of the molecule is N#CCNC(=O)C(CC1CC1)OC(=O)NCc1ccccc1. The largest absolute Gasteiger partial charge is 0.436 e. The maximum atomic E-state index is 11.9. The average molecular weight is 301 g/mol. The topological polar surface area (TPSA) is 91.2 Å². The van der Waals surface area contributed by atoms with Gasteiger partial charge in [0.2, 0.25) is 0 Å². The van der Waals surface area contributed by atoms with Crippen molar-refractivity contribution in [3.05, 3.63) is 35.9 Å². The first kappa shape index (κ1) is 15.8. The summed E-state index contributed by atoms with van der Waals surface area (Å²) in [6.07, 6.45) is 1.16. The van der Waals surface area contributed by atoms with Crippen LogP contribution in [0.2, 0.25) is 0 Å². The van der Waals surface area contributed by atoms with Crippen molar-refractivity contribution in [3.63, 3.8) is 0 Å². The van der Waals surface area contributed by atoms with Crippen molar-refractivity contribution in [1.29, 1.82) is 5.26 Å². The van der Waals surface area contributed by atoms with E-state index in [0.717, 1.165) is 18.4 Å². The number of hydrogen-bond donors (Lipinski definition) is 2. The second-order valence-corrected chi connectivity index (χ2v) is 5.29. The van der Waals surface area contributed by atoms with Crippen LogP contribution in [-0.4, -0.2) is 24.6 Å². The van der Waals surface area contributed by atoms with Gasteiger partial charge in [0.1, 0.15) is 6.54 Å². The summed E-state index contributed by atoms with van der Waals surface area (Å²) in [4.78, 5) is 23.7. The predicted molar refractivity (Wildman–Crippen MR) is 79.5 cm³/mol. The molecule has 1 unspecified atom stereocenters. The molecule has 1 atom stereocenters. The van der Waals surface area contributed by atoms with Gasteiger partial charge < -0.3 is 15.4 Å². The first-order valence-corrected chi connectivity index (χ1v) is 7.32. The minimum absolute atomic E-state index is 0.0883. The van der Waals surface area contributed by atoms with Crippen molar-refractivity contribution in [2.24, 2.45) is 5.92 Å². The first-order chi connectivity index (χ1) is 10.7. The molecular weight excluding hydrogens is 282 g/mol. The molecule has 2 amide bonds. The summed E-state index contributed by atoms with van der Waals surface area (Å²) in [6, 6.07) is 11.3. The zero-order valence-electron chi connectivity index (χ0n) is 12.2. The second kappa shape index (κ2) is 8.03. The number of amides is 2. The van der Waals surface area contributed by atoms with Crippen molar-refractivity contribution in [3.8, 4) is 6.07 Å². The molecule has 0 aliphatic heterocycles. The summed E-state index contributed by atoms with van der Waals surface area (Å²) in [6.45, 7) is 0.255. The zero-order valence-corrected chi connectivity index (χ0v) is 12.2. The molecule has 0 saturated heterocycles. The van der Waals surface area contributed by atoms with Gasteiger partial charge in [0, 0.05) is 6.54 Å². The van der Waals surface area contributed by atoms with Gasteiger partial charge >= 0.3 is 6.09 Å². The van der Waals surface area contributed by atoms with E-state index >= 15 is 0 Å². The van der Waals surface area contributed by atoms with Crippen LogP contribution < -0.4 is 10.6 Å². The molecular formula is C16H19N3O3. The molecule has 1 aliphatic carbocycles. The summed E-state index contributed by atoms with van der Waals surface area (Å²) in [5, 5.41) is 13.6. The van der Waals surface area contributed by atoms with Gasteiger partial charge in [-0.05, 0) is 17.9 Å². The second-order valence-electron chi connectivity index (χ2n) is 5.29. The Morgan fingerprint density at radius 3 is 2.64 bits per heavy atom. The summed E-state index contributed by atoms with van der Waals surface area (Å²) >= 11 is 0. The van der Waals surface area contributed by atoms with Gasteiger partial charge in [-0.25, -0.2) is 4.79 Å². The van der Waals surface area contributed by atoms with Crippen LogP contribution in [0.15, 0.2) is 30.3 Å². The Kier molecular flexibility index (Phi) is 5.78. The van der Waals surface area contributed by atoms with Crippen molar-refractivity contribution < 1.29 is 14.3 Å². The quantitative estimate of drug-likeness (QED) is 0.750. The van der Waals surface area contributed by atoms with Crippen LogP contribution in [0.25, 0.3) is 0 Å². The molecule has 0 aromatic heterocycles. The average Bonchev–Trinajstić information content (AvgIpc) is 3.35. The normalized spacial score (nSPS) is 14.5. The van der Waals surface area contributed by atoms with Gasteiger partial charge in [-0.3, -0.25) is 4.79 Å². The third-order valence-electron chi connectivity index (χ3n) is 3.41. The molecule has 116 valence electrons. The van der Waals surface area contributed by atoms with E-state index in [1.165, 1.54) is 0 Å². The molecule has 6 heteroatoms. The molecule has 0 heterocycles. The Morgan fingerprint density at radius 1 is 1.27 bits per heavy atom. The van der Waals surface area contributed by atoms with E-state index in [2.05, 4.69) is 10.6 Å². The number of carbonyl (C=O) groups excluding carboxylic acids is 2. The number of nitrogens with zero attached hydrogens (tertiary/aromatic N) is 1. The highest BCUT2D eigenvalue weighted by atomic mass is 16.6. The lowest BCUT2D eigenvalue weighted by Gasteiger charge is -2.17. The van der Waals surface area contributed by atoms with Crippen molar-refractivity contribution in [2.45, 2.75) is 31.9 Å². The van der Waals surface area contributed by atoms with E-state index in [1.54, 1.807) is 0 Å². The van der Waals surface area contributed by atoms with Crippen LogP contribution in [-0.2, 0) is 16.1 Å². The van der Waals surface area contributed by atoms with Gasteiger partial charge in [-0.15, -0.1) is 0 Å². The van der Waals surface area contributed by atoms with E-state index in [4.69, 9.17) is 10.00 Å². The van der Waals surface area contributed by atoms with Gasteiger partial charge in [0.15, 0.2) is 6.10 Å². The zero-order chi connectivity index (χ0) is 15.8. The number of alkyl carbamates (subject to hydrolysis) is 1. The third-order valence-corrected chi connectivity index (χ3v) is 3.41. The van der Waals surface area contributed by atoms with Crippen LogP contribution in [0.4, 0.5) is 4.79 Å². The fraction of sp³-hybridized carbons (Fsp3) is 0.438. The molecule has 22 heavy (non-hydrogen) atoms. The van der Waals surface area contributed by atoms with E-state index < -0.39 is 18.1 Å². The Balaban J connectivity index is 1.81. The van der Waals surface area contributed by atoms with Crippen molar-refractivity contribution in [1.82, 2.24) is 10.6 Å². The Hall–Kier alpha value is -2.55. The summed E-state index contributed by atoms with van der Waals surface area (Å²) in [5.41, 5.74) is 0.951. The maximum absolute atomic E-state index is 11.9. The first-order valence-electron chi connectivity index (χ1n) is 7.32. The van der Waals surface area contributed by atoms with Crippen LogP contribution in [0.1, 0.15) is 24.8 Å². The molecule has 2 N–H and O–H groups in total. The van der Waals surface area contributed by atoms with Crippen molar-refractivity contribution >= 4 is 12.0 Å². The standard InChI is InChI=1S/C16H19N3O3/c17-8-9-18-15(20)14(10-12-6-7-12)22-16(21)19-11-13-4-2-1-3-5-13/h1-5,12,14H,6-7,9-11H2,(H,18,20)(H,19,21). The van der Waals surface area contributed by atoms with E-state index in [0.29, 0.717) is 18.9 Å². The fourth-order valence-corrected chi connectivity index (χ4v) is 2.05. The molecule has 6 nitrogen and oxygen atoms in total. The number of benzene rings is 1. The number of rotatable bonds is 7. The Bertz CT molecular complexity index is 550. The number of nitrogens with one attached hydrogen (secondary N) is 2. The minimum atomic E-state index is -0.836. The third kappa shape index (κ3) is 5.44. The summed E-state index contributed by atoms with van der Waals surface area (Å²) in [7, 11) is 0. The number of ether oxygens (including phenoxy) is 1. The van der Waals surface area contributed by atoms with E-state index in [-0.39, 0.29) is 6.54 Å². The smallest absolute Gasteiger partial charge is 0.408 e. The van der Waals surface area contributed by atoms with Gasteiger partial charge in [0.25, 0.3) is 5.91 Å². The molecule has 0 spiro atoms. The predicted octanol–water partition coefficient (Wildman–Crippen LogP) is 1.72. The maximum Gasteiger partial charge on any atom is 0.408 e. The molecule has 0 radical (unpaired) electrons. The lowest BCUT2D eigenvalue weighted by Crippen LogP contribution is -2.40. The molecule has 1 aliphatic rings. The highest BCUT2D eigenvalue weighted by Gasteiger charge is 2.31. The lowest BCUT2D eigenvalue weighted by molar-refractivity contribution is -0.129. The van der Waals surface area contributed by atoms with Gasteiger partial charge in [-0.1, -0.05) is 43.2 Å². The summed E-state index contributed by atoms with van der Waals surface area (Å²) < 4.78 is 5.21. The molecule has 2 rings (SSSR count). The number of nitriles is 1. The molecule has 1 saturated carbocycles. The summed E-state index contributed by atoms with van der Waals surface area (Å²) in [5.74, 6) is 0.0167. The highest BCUT2D eigenvalue weighted by molar-refractivity contribution is 5.83. The van der Waals surface area contributed by atoms with Gasteiger partial charge in [-0.2, -0.15) is 5.26 Å². The highest BCUT2D eigenvalue weighted by Crippen LogP contribution is 2.34. The Labute approximate surface area is 129 Å². The van der Waals surface area contributed by atoms with E-state index in [9.17, 15) is 9.59 Å². The molecule has 1 aromatic carbocycles. The molecule has 0 bridgehead atoms. The van der Waals surface area contributed by atoms with Crippen LogP contribution in [0.3, 0.4) is 0 Å². The minimum Gasteiger partial charge on any atom is -0.436 e. The van der Waals surface area contributed by atoms with Crippen molar-refractivity contribution in [2.75, 3.05) is 6.54 Å². The molecule has 1 fully saturated rings. The van der Waals surface area contributed by atoms with Crippen LogP contribution in [0.5, 0.6) is 0 Å². The monoisotopic (exact) mass is 301 g/mol. The van der Waals surface area contributed by atoms with E-state index in [1.807, 2.05) is 36.4 Å². The van der Waals surface area contributed by atoms with Crippen LogP contribution in [0, 0.1) is 17.2 Å². The Morgan fingerprint density at radius 2 is 2.00 bits per heavy atom. The number of hydrogen-bond acceptors (Lipinski definition) is 4. The van der Waals surface area contributed by atoms with Gasteiger partial charge in [0.05, 0.1) is 6.07 Å². The molecule has 1 aromatic rings. The fourth-order valence-electron chi connectivity index (χ4n) is 2.05. The number of carbonyl (C=O) groups is 2. The lowest BCUT2D eigenvalue weighted by atomic mass is 10.1. The van der Waals surface area contributed by atoms with Crippen LogP contribution >= 0.6 is 0 Å².